The summed E-state index contributed by atoms with van der Waals surface area (Å²) in [5.41, 5.74) is 9.57. The number of pyridine rings is 2. The third kappa shape index (κ3) is 4.45. The van der Waals surface area contributed by atoms with Crippen molar-refractivity contribution < 1.29 is 14.2 Å². The number of nitrogen functional groups attached to an aromatic ring is 1. The van der Waals surface area contributed by atoms with Gasteiger partial charge in [0, 0.05) is 35.8 Å². The third-order valence-electron chi connectivity index (χ3n) is 5.00. The highest BCUT2D eigenvalue weighted by Gasteiger charge is 2.13. The van der Waals surface area contributed by atoms with E-state index < -0.39 is 0 Å². The number of hydrogen-bond donors (Lipinski definition) is 2. The van der Waals surface area contributed by atoms with Gasteiger partial charge in [-0.3, -0.25) is 0 Å². The zero-order valence-corrected chi connectivity index (χ0v) is 17.7. The van der Waals surface area contributed by atoms with Gasteiger partial charge >= 0.3 is 0 Å². The Kier molecular flexibility index (Phi) is 5.75. The van der Waals surface area contributed by atoms with E-state index >= 15 is 0 Å². The number of fused-ring (bicyclic) bond motifs is 1. The monoisotopic (exact) mass is 416 g/mol. The van der Waals surface area contributed by atoms with Crippen molar-refractivity contribution in [2.24, 2.45) is 0 Å². The Labute approximate surface area is 180 Å². The maximum atomic E-state index is 5.87. The molecule has 2 aromatic heterocycles. The van der Waals surface area contributed by atoms with Crippen LogP contribution in [-0.4, -0.2) is 31.3 Å². The fourth-order valence-electron chi connectivity index (χ4n) is 3.33. The van der Waals surface area contributed by atoms with Gasteiger partial charge in [-0.1, -0.05) is 12.1 Å². The van der Waals surface area contributed by atoms with Crippen LogP contribution in [0.15, 0.2) is 60.8 Å². The summed E-state index contributed by atoms with van der Waals surface area (Å²) in [6.45, 7) is 0.594. The average molecular weight is 416 g/mol. The largest absolute Gasteiger partial charge is 0.497 e. The van der Waals surface area contributed by atoms with E-state index in [2.05, 4.69) is 10.3 Å². The number of aromatic nitrogens is 2. The molecular formula is C24H24N4O3. The summed E-state index contributed by atoms with van der Waals surface area (Å²) < 4.78 is 16.1. The molecule has 4 aromatic rings. The molecule has 0 spiro atoms. The second kappa shape index (κ2) is 8.79. The first-order chi connectivity index (χ1) is 15.1. The van der Waals surface area contributed by atoms with Gasteiger partial charge in [0.25, 0.3) is 0 Å². The molecule has 0 atom stereocenters. The first-order valence-electron chi connectivity index (χ1n) is 9.76. The molecule has 2 heterocycles. The first-order valence-corrected chi connectivity index (χ1v) is 9.76. The molecule has 0 unspecified atom stereocenters. The Morgan fingerprint density at radius 1 is 0.839 bits per heavy atom. The van der Waals surface area contributed by atoms with Crippen molar-refractivity contribution in [3.05, 3.63) is 66.4 Å². The molecule has 31 heavy (non-hydrogen) atoms. The van der Waals surface area contributed by atoms with Crippen molar-refractivity contribution in [2.75, 3.05) is 32.4 Å². The summed E-state index contributed by atoms with van der Waals surface area (Å²) in [7, 11) is 4.92. The average Bonchev–Trinajstić information content (AvgIpc) is 2.82. The fraction of sp³-hybridized carbons (Fsp3) is 0.167. The summed E-state index contributed by atoms with van der Waals surface area (Å²) in [6, 6.07) is 17.5. The summed E-state index contributed by atoms with van der Waals surface area (Å²) >= 11 is 0. The maximum Gasteiger partial charge on any atom is 0.134 e. The molecule has 2 aromatic carbocycles. The van der Waals surface area contributed by atoms with E-state index in [0.29, 0.717) is 23.9 Å². The predicted molar refractivity (Wildman–Crippen MR) is 123 cm³/mol. The number of anilines is 2. The topological polar surface area (TPSA) is 91.5 Å². The SMILES string of the molecule is COc1ccc(CNc2nc3cc(N)ncc3cc2-c2cc(OC)cc(OC)c2)cc1. The molecule has 7 heteroatoms. The third-order valence-corrected chi connectivity index (χ3v) is 5.00. The summed E-state index contributed by atoms with van der Waals surface area (Å²) in [6.07, 6.45) is 1.73. The van der Waals surface area contributed by atoms with Gasteiger partial charge < -0.3 is 25.3 Å². The van der Waals surface area contributed by atoms with Gasteiger partial charge in [-0.2, -0.15) is 0 Å². The standard InChI is InChI=1S/C24H24N4O3/c1-29-18-6-4-15(5-7-18)13-27-24-21(10-17-14-26-23(25)12-22(17)28-24)16-8-19(30-2)11-20(9-16)31-3/h4-12,14H,13H2,1-3H3,(H2,25,26)(H,27,28). The van der Waals surface area contributed by atoms with E-state index in [0.717, 1.165) is 39.2 Å². The molecule has 158 valence electrons. The van der Waals surface area contributed by atoms with Crippen LogP contribution in [0, 0.1) is 0 Å². The van der Waals surface area contributed by atoms with E-state index in [1.807, 2.05) is 48.5 Å². The maximum absolute atomic E-state index is 5.87. The van der Waals surface area contributed by atoms with Gasteiger partial charge in [-0.15, -0.1) is 0 Å². The van der Waals surface area contributed by atoms with Crippen molar-refractivity contribution in [2.45, 2.75) is 6.54 Å². The van der Waals surface area contributed by atoms with Gasteiger partial charge in [0.2, 0.25) is 0 Å². The van der Waals surface area contributed by atoms with Crippen LogP contribution in [0.4, 0.5) is 11.6 Å². The second-order valence-electron chi connectivity index (χ2n) is 6.99. The van der Waals surface area contributed by atoms with Crippen LogP contribution in [0.25, 0.3) is 22.0 Å². The van der Waals surface area contributed by atoms with Crippen molar-refractivity contribution in [3.8, 4) is 28.4 Å². The molecule has 0 aliphatic heterocycles. The molecular weight excluding hydrogens is 392 g/mol. The number of methoxy groups -OCH3 is 3. The van der Waals surface area contributed by atoms with Gasteiger partial charge in [0.15, 0.2) is 0 Å². The molecule has 0 fully saturated rings. The lowest BCUT2D eigenvalue weighted by Crippen LogP contribution is -2.04. The Morgan fingerprint density at radius 3 is 2.16 bits per heavy atom. The Hall–Kier alpha value is -4.00. The Morgan fingerprint density at radius 2 is 1.52 bits per heavy atom. The van der Waals surface area contributed by atoms with Crippen LogP contribution in [-0.2, 0) is 6.54 Å². The Balaban J connectivity index is 1.78. The van der Waals surface area contributed by atoms with Crippen molar-refractivity contribution >= 4 is 22.5 Å². The summed E-state index contributed by atoms with van der Waals surface area (Å²) in [5, 5.41) is 4.35. The zero-order valence-electron chi connectivity index (χ0n) is 17.7. The lowest BCUT2D eigenvalue weighted by molar-refractivity contribution is 0.394. The van der Waals surface area contributed by atoms with Gasteiger partial charge in [0.1, 0.15) is 28.9 Å². The molecule has 0 saturated heterocycles. The number of benzene rings is 2. The van der Waals surface area contributed by atoms with Crippen LogP contribution >= 0.6 is 0 Å². The smallest absolute Gasteiger partial charge is 0.134 e. The normalized spacial score (nSPS) is 10.7. The van der Waals surface area contributed by atoms with Crippen molar-refractivity contribution in [1.82, 2.24) is 9.97 Å². The molecule has 7 nitrogen and oxygen atoms in total. The minimum atomic E-state index is 0.428. The van der Waals surface area contributed by atoms with E-state index in [9.17, 15) is 0 Å². The van der Waals surface area contributed by atoms with Crippen LogP contribution in [0.2, 0.25) is 0 Å². The number of nitrogens with two attached hydrogens (primary N) is 1. The highest BCUT2D eigenvalue weighted by Crippen LogP contribution is 2.35. The fourth-order valence-corrected chi connectivity index (χ4v) is 3.33. The van der Waals surface area contributed by atoms with E-state index in [1.54, 1.807) is 33.6 Å². The number of nitrogens with zero attached hydrogens (tertiary/aromatic N) is 2. The molecule has 0 amide bonds. The molecule has 0 radical (unpaired) electrons. The minimum absolute atomic E-state index is 0.428. The number of rotatable bonds is 7. The van der Waals surface area contributed by atoms with Crippen LogP contribution in [0.5, 0.6) is 17.2 Å². The second-order valence-corrected chi connectivity index (χ2v) is 6.99. The quantitative estimate of drug-likeness (QED) is 0.458. The summed E-state index contributed by atoms with van der Waals surface area (Å²) in [5.74, 6) is 3.37. The lowest BCUT2D eigenvalue weighted by Gasteiger charge is -2.15. The van der Waals surface area contributed by atoms with Crippen LogP contribution in [0.3, 0.4) is 0 Å². The Bertz CT molecular complexity index is 1190. The summed E-state index contributed by atoms with van der Waals surface area (Å²) in [4.78, 5) is 9.04. The number of ether oxygens (including phenoxy) is 3. The number of hydrogen-bond acceptors (Lipinski definition) is 7. The van der Waals surface area contributed by atoms with Crippen LogP contribution in [0.1, 0.15) is 5.56 Å². The van der Waals surface area contributed by atoms with E-state index in [-0.39, 0.29) is 0 Å². The molecule has 4 rings (SSSR count). The molecule has 3 N–H and O–H groups in total. The van der Waals surface area contributed by atoms with Crippen molar-refractivity contribution in [1.29, 1.82) is 0 Å². The van der Waals surface area contributed by atoms with E-state index in [4.69, 9.17) is 24.9 Å². The molecule has 0 aliphatic rings. The van der Waals surface area contributed by atoms with Crippen molar-refractivity contribution in [3.63, 3.8) is 0 Å². The molecule has 0 saturated carbocycles. The first kappa shape index (κ1) is 20.3. The lowest BCUT2D eigenvalue weighted by atomic mass is 10.0. The number of nitrogens with one attached hydrogen (secondary N) is 1. The molecule has 0 aliphatic carbocycles. The van der Waals surface area contributed by atoms with Gasteiger partial charge in [0.05, 0.1) is 26.8 Å². The zero-order chi connectivity index (χ0) is 21.8. The highest BCUT2D eigenvalue weighted by atomic mass is 16.5. The molecule has 0 bridgehead atoms. The minimum Gasteiger partial charge on any atom is -0.497 e. The van der Waals surface area contributed by atoms with Crippen LogP contribution < -0.4 is 25.3 Å². The van der Waals surface area contributed by atoms with Gasteiger partial charge in [-0.05, 0) is 41.5 Å². The highest BCUT2D eigenvalue weighted by molar-refractivity contribution is 5.90. The van der Waals surface area contributed by atoms with Gasteiger partial charge in [-0.25, -0.2) is 9.97 Å². The van der Waals surface area contributed by atoms with E-state index in [1.165, 1.54) is 0 Å². The predicted octanol–water partition coefficient (Wildman–Crippen LogP) is 4.52.